The van der Waals surface area contributed by atoms with Gasteiger partial charge in [0.15, 0.2) is 5.78 Å². The van der Waals surface area contributed by atoms with Gasteiger partial charge in [0.1, 0.15) is 11.0 Å². The van der Waals surface area contributed by atoms with E-state index < -0.39 is 5.25 Å². The number of benzene rings is 1. The molecule has 0 aromatic heterocycles. The van der Waals surface area contributed by atoms with Crippen molar-refractivity contribution in [2.75, 3.05) is 12.0 Å². The number of methoxy groups -OCH3 is 1. The van der Waals surface area contributed by atoms with E-state index in [1.165, 1.54) is 23.6 Å². The number of anilines is 1. The van der Waals surface area contributed by atoms with Crippen molar-refractivity contribution in [3.05, 3.63) is 35.9 Å². The summed E-state index contributed by atoms with van der Waals surface area (Å²) in [6, 6.07) is 7.22. The zero-order chi connectivity index (χ0) is 13.1. The molecule has 0 saturated heterocycles. The van der Waals surface area contributed by atoms with E-state index in [2.05, 4.69) is 0 Å². The van der Waals surface area contributed by atoms with Crippen molar-refractivity contribution in [3.63, 3.8) is 0 Å². The predicted octanol–water partition coefficient (Wildman–Crippen LogP) is 2.20. The molecule has 1 unspecified atom stereocenters. The maximum atomic E-state index is 12.2. The van der Waals surface area contributed by atoms with Crippen LogP contribution in [0.4, 0.5) is 5.69 Å². The topological polar surface area (TPSA) is 46.6 Å². The molecule has 0 saturated carbocycles. The first-order valence-electron chi connectivity index (χ1n) is 5.44. The van der Waals surface area contributed by atoms with Crippen LogP contribution in [-0.4, -0.2) is 24.1 Å². The highest BCUT2D eigenvalue weighted by Crippen LogP contribution is 2.32. The van der Waals surface area contributed by atoms with Gasteiger partial charge in [-0.05, 0) is 24.5 Å². The Balaban J connectivity index is 2.38. The fourth-order valence-electron chi connectivity index (χ4n) is 1.73. The predicted molar refractivity (Wildman–Crippen MR) is 71.7 cm³/mol. The van der Waals surface area contributed by atoms with E-state index in [9.17, 15) is 9.59 Å². The first-order chi connectivity index (χ1) is 8.65. The SMILES string of the molecule is COc1ccccc1N1C=CSC(C(C)=O)C1=O. The van der Waals surface area contributed by atoms with E-state index >= 15 is 0 Å². The van der Waals surface area contributed by atoms with Gasteiger partial charge in [-0.1, -0.05) is 12.1 Å². The van der Waals surface area contributed by atoms with Crippen molar-refractivity contribution in [1.82, 2.24) is 0 Å². The summed E-state index contributed by atoms with van der Waals surface area (Å²) in [5.41, 5.74) is 0.646. The number of hydrogen-bond donors (Lipinski definition) is 0. The van der Waals surface area contributed by atoms with Gasteiger partial charge in [0, 0.05) is 6.20 Å². The Bertz CT molecular complexity index is 513. The molecular formula is C13H13NO3S. The van der Waals surface area contributed by atoms with Crippen LogP contribution in [0.15, 0.2) is 35.9 Å². The summed E-state index contributed by atoms with van der Waals surface area (Å²) < 4.78 is 5.22. The van der Waals surface area contributed by atoms with Crippen molar-refractivity contribution in [3.8, 4) is 5.75 Å². The fraction of sp³-hybridized carbons (Fsp3) is 0.231. The highest BCUT2D eigenvalue weighted by molar-refractivity contribution is 8.04. The molecule has 1 atom stereocenters. The zero-order valence-electron chi connectivity index (χ0n) is 10.1. The molecule has 0 N–H and O–H groups in total. The summed E-state index contributed by atoms with van der Waals surface area (Å²) in [5, 5.41) is 1.08. The summed E-state index contributed by atoms with van der Waals surface area (Å²) in [7, 11) is 1.55. The molecule has 1 aliphatic rings. The number of para-hydroxylation sites is 2. The number of ether oxygens (including phenoxy) is 1. The average molecular weight is 263 g/mol. The fourth-order valence-corrected chi connectivity index (χ4v) is 2.50. The van der Waals surface area contributed by atoms with Crippen LogP contribution in [0, 0.1) is 0 Å². The molecule has 0 bridgehead atoms. The standard InChI is InChI=1S/C13H13NO3S/c1-9(15)12-13(16)14(7-8-18-12)10-5-3-4-6-11(10)17-2/h3-8,12H,1-2H3. The molecule has 2 rings (SSSR count). The monoisotopic (exact) mass is 263 g/mol. The van der Waals surface area contributed by atoms with Crippen molar-refractivity contribution in [2.24, 2.45) is 0 Å². The molecule has 0 radical (unpaired) electrons. The average Bonchev–Trinajstić information content (AvgIpc) is 2.38. The van der Waals surface area contributed by atoms with Crippen LogP contribution < -0.4 is 9.64 Å². The van der Waals surface area contributed by atoms with Gasteiger partial charge in [0.2, 0.25) is 0 Å². The summed E-state index contributed by atoms with van der Waals surface area (Å²) in [6.45, 7) is 1.43. The summed E-state index contributed by atoms with van der Waals surface area (Å²) in [6.07, 6.45) is 1.66. The van der Waals surface area contributed by atoms with Gasteiger partial charge in [-0.15, -0.1) is 11.8 Å². The van der Waals surface area contributed by atoms with Gasteiger partial charge in [-0.2, -0.15) is 0 Å². The van der Waals surface area contributed by atoms with Crippen molar-refractivity contribution >= 4 is 29.1 Å². The van der Waals surface area contributed by atoms with Crippen molar-refractivity contribution in [1.29, 1.82) is 0 Å². The molecule has 0 spiro atoms. The lowest BCUT2D eigenvalue weighted by Crippen LogP contribution is -2.39. The number of rotatable bonds is 3. The number of amides is 1. The number of thioether (sulfide) groups is 1. The molecular weight excluding hydrogens is 250 g/mol. The molecule has 18 heavy (non-hydrogen) atoms. The van der Waals surface area contributed by atoms with Gasteiger partial charge in [-0.3, -0.25) is 14.5 Å². The molecule has 4 nitrogen and oxygen atoms in total. The van der Waals surface area contributed by atoms with Gasteiger partial charge in [0.25, 0.3) is 5.91 Å². The lowest BCUT2D eigenvalue weighted by Gasteiger charge is -2.26. The van der Waals surface area contributed by atoms with E-state index in [0.29, 0.717) is 11.4 Å². The lowest BCUT2D eigenvalue weighted by atomic mass is 10.2. The van der Waals surface area contributed by atoms with Crippen molar-refractivity contribution < 1.29 is 14.3 Å². The number of carbonyl (C=O) groups excluding carboxylic acids is 2. The quantitative estimate of drug-likeness (QED) is 0.784. The minimum Gasteiger partial charge on any atom is -0.495 e. The number of carbonyl (C=O) groups is 2. The molecule has 1 aromatic rings. The second-order valence-corrected chi connectivity index (χ2v) is 4.81. The number of ketones is 1. The number of hydrogen-bond acceptors (Lipinski definition) is 4. The third kappa shape index (κ3) is 2.26. The van der Waals surface area contributed by atoms with E-state index in [1.807, 2.05) is 12.1 Å². The van der Waals surface area contributed by atoms with E-state index in [4.69, 9.17) is 4.74 Å². The first-order valence-corrected chi connectivity index (χ1v) is 6.38. The summed E-state index contributed by atoms with van der Waals surface area (Å²) in [4.78, 5) is 25.1. The van der Waals surface area contributed by atoms with Crippen LogP contribution in [-0.2, 0) is 9.59 Å². The second kappa shape index (κ2) is 5.27. The van der Waals surface area contributed by atoms with Gasteiger partial charge >= 0.3 is 0 Å². The number of nitrogens with zero attached hydrogens (tertiary/aromatic N) is 1. The maximum absolute atomic E-state index is 12.2. The van der Waals surface area contributed by atoms with Crippen LogP contribution in [0.1, 0.15) is 6.92 Å². The smallest absolute Gasteiger partial charge is 0.252 e. The Labute approximate surface area is 110 Å². The first kappa shape index (κ1) is 12.7. The van der Waals surface area contributed by atoms with E-state index in [0.717, 1.165) is 0 Å². The third-order valence-electron chi connectivity index (χ3n) is 2.60. The normalized spacial score (nSPS) is 18.9. The molecule has 0 aliphatic carbocycles. The molecule has 1 heterocycles. The Morgan fingerprint density at radius 1 is 1.39 bits per heavy atom. The van der Waals surface area contributed by atoms with Crippen LogP contribution >= 0.6 is 11.8 Å². The van der Waals surface area contributed by atoms with Crippen LogP contribution in [0.5, 0.6) is 5.75 Å². The minimum absolute atomic E-state index is 0.144. The van der Waals surface area contributed by atoms with E-state index in [1.54, 1.807) is 30.9 Å². The summed E-state index contributed by atoms with van der Waals surface area (Å²) >= 11 is 1.23. The Hall–Kier alpha value is -1.75. The minimum atomic E-state index is -0.667. The van der Waals surface area contributed by atoms with Crippen molar-refractivity contribution in [2.45, 2.75) is 12.2 Å². The summed E-state index contributed by atoms with van der Waals surface area (Å²) in [5.74, 6) is 0.221. The highest BCUT2D eigenvalue weighted by atomic mass is 32.2. The zero-order valence-corrected chi connectivity index (χ0v) is 10.9. The molecule has 1 aromatic carbocycles. The Kier molecular flexibility index (Phi) is 3.72. The highest BCUT2D eigenvalue weighted by Gasteiger charge is 2.31. The van der Waals surface area contributed by atoms with Gasteiger partial charge in [-0.25, -0.2) is 0 Å². The molecule has 0 fully saturated rings. The van der Waals surface area contributed by atoms with Gasteiger partial charge < -0.3 is 4.74 Å². The number of Topliss-reactive ketones (excluding diaryl/α,β-unsaturated/α-hetero) is 1. The van der Waals surface area contributed by atoms with Crippen LogP contribution in [0.25, 0.3) is 0 Å². The van der Waals surface area contributed by atoms with Crippen LogP contribution in [0.3, 0.4) is 0 Å². The second-order valence-electron chi connectivity index (χ2n) is 3.79. The van der Waals surface area contributed by atoms with Gasteiger partial charge in [0.05, 0.1) is 12.8 Å². The maximum Gasteiger partial charge on any atom is 0.252 e. The lowest BCUT2D eigenvalue weighted by molar-refractivity contribution is -0.124. The molecule has 1 amide bonds. The molecule has 1 aliphatic heterocycles. The largest absolute Gasteiger partial charge is 0.495 e. The van der Waals surface area contributed by atoms with E-state index in [-0.39, 0.29) is 11.7 Å². The Morgan fingerprint density at radius 3 is 2.78 bits per heavy atom. The molecule has 5 heteroatoms. The molecule has 94 valence electrons. The third-order valence-corrected chi connectivity index (χ3v) is 3.68. The Morgan fingerprint density at radius 2 is 2.11 bits per heavy atom. The van der Waals surface area contributed by atoms with Crippen LogP contribution in [0.2, 0.25) is 0 Å².